The van der Waals surface area contributed by atoms with Crippen molar-refractivity contribution >= 4 is 11.4 Å². The fourth-order valence-corrected chi connectivity index (χ4v) is 2.87. The van der Waals surface area contributed by atoms with Crippen LogP contribution in [0.5, 0.6) is 0 Å². The van der Waals surface area contributed by atoms with Crippen LogP contribution in [-0.4, -0.2) is 7.05 Å². The van der Waals surface area contributed by atoms with Gasteiger partial charge in [0.2, 0.25) is 0 Å². The Kier molecular flexibility index (Phi) is 4.37. The molecule has 22 heavy (non-hydrogen) atoms. The van der Waals surface area contributed by atoms with Crippen molar-refractivity contribution < 1.29 is 0 Å². The molecule has 0 radical (unpaired) electrons. The second-order valence-corrected chi connectivity index (χ2v) is 7.53. The van der Waals surface area contributed by atoms with E-state index in [1.807, 2.05) is 0 Å². The predicted molar refractivity (Wildman–Crippen MR) is 98.6 cm³/mol. The van der Waals surface area contributed by atoms with Crippen LogP contribution in [0.1, 0.15) is 48.6 Å². The lowest BCUT2D eigenvalue weighted by atomic mass is 9.86. The fourth-order valence-electron chi connectivity index (χ4n) is 2.87. The van der Waals surface area contributed by atoms with Crippen LogP contribution in [0, 0.1) is 27.7 Å². The van der Waals surface area contributed by atoms with Gasteiger partial charge in [-0.25, -0.2) is 0 Å². The zero-order valence-electron chi connectivity index (χ0n) is 15.3. The summed E-state index contributed by atoms with van der Waals surface area (Å²) in [4.78, 5) is 2.33. The van der Waals surface area contributed by atoms with Crippen LogP contribution in [0.2, 0.25) is 0 Å². The summed E-state index contributed by atoms with van der Waals surface area (Å²) in [6.45, 7) is 15.5. The predicted octanol–water partition coefficient (Wildman–Crippen LogP) is 5.99. The van der Waals surface area contributed by atoms with Crippen LogP contribution in [0.15, 0.2) is 30.3 Å². The number of benzene rings is 2. The van der Waals surface area contributed by atoms with Gasteiger partial charge < -0.3 is 4.90 Å². The third kappa shape index (κ3) is 3.19. The molecule has 0 spiro atoms. The molecule has 0 aliphatic carbocycles. The molecule has 0 heterocycles. The first kappa shape index (κ1) is 16.6. The average Bonchev–Trinajstić information content (AvgIpc) is 2.41. The standard InChI is InChI=1S/C21H29N/c1-14-9-10-18(21(5,6)7)13-20(14)22(8)19-12-16(3)15(2)11-17(19)4/h9-13H,1-8H3. The van der Waals surface area contributed by atoms with Gasteiger partial charge in [0.25, 0.3) is 0 Å². The molecule has 0 aliphatic heterocycles. The van der Waals surface area contributed by atoms with E-state index in [1.54, 1.807) is 0 Å². The Morgan fingerprint density at radius 3 is 1.82 bits per heavy atom. The summed E-state index contributed by atoms with van der Waals surface area (Å²) < 4.78 is 0. The number of hydrogen-bond donors (Lipinski definition) is 0. The largest absolute Gasteiger partial charge is 0.344 e. The minimum Gasteiger partial charge on any atom is -0.344 e. The average molecular weight is 295 g/mol. The molecule has 1 nitrogen and oxygen atoms in total. The maximum absolute atomic E-state index is 2.34. The van der Waals surface area contributed by atoms with E-state index in [9.17, 15) is 0 Å². The Bertz CT molecular complexity index is 690. The number of rotatable bonds is 2. The van der Waals surface area contributed by atoms with E-state index in [4.69, 9.17) is 0 Å². The summed E-state index contributed by atoms with van der Waals surface area (Å²) in [5, 5.41) is 0. The van der Waals surface area contributed by atoms with Gasteiger partial charge in [0, 0.05) is 18.4 Å². The molecule has 0 amide bonds. The van der Waals surface area contributed by atoms with Gasteiger partial charge in [-0.15, -0.1) is 0 Å². The van der Waals surface area contributed by atoms with E-state index in [0.29, 0.717) is 0 Å². The lowest BCUT2D eigenvalue weighted by Crippen LogP contribution is -2.16. The Labute approximate surface area is 136 Å². The Hall–Kier alpha value is -1.76. The second-order valence-electron chi connectivity index (χ2n) is 7.53. The highest BCUT2D eigenvalue weighted by atomic mass is 15.1. The maximum Gasteiger partial charge on any atom is 0.0440 e. The van der Waals surface area contributed by atoms with E-state index in [1.165, 1.54) is 39.2 Å². The number of anilines is 2. The molecule has 0 saturated carbocycles. The molecule has 0 N–H and O–H groups in total. The van der Waals surface area contributed by atoms with E-state index < -0.39 is 0 Å². The van der Waals surface area contributed by atoms with Gasteiger partial charge >= 0.3 is 0 Å². The smallest absolute Gasteiger partial charge is 0.0440 e. The van der Waals surface area contributed by atoms with Gasteiger partial charge in [0.1, 0.15) is 0 Å². The van der Waals surface area contributed by atoms with Crippen LogP contribution < -0.4 is 4.90 Å². The van der Waals surface area contributed by atoms with Gasteiger partial charge in [0.15, 0.2) is 0 Å². The molecular formula is C21H29N. The summed E-state index contributed by atoms with van der Waals surface area (Å²) in [6, 6.07) is 11.4. The SMILES string of the molecule is Cc1cc(C)c(N(C)c2cc(C(C)(C)C)ccc2C)cc1C. The minimum absolute atomic E-state index is 0.168. The van der Waals surface area contributed by atoms with Gasteiger partial charge in [0.05, 0.1) is 0 Å². The van der Waals surface area contributed by atoms with Crippen molar-refractivity contribution in [1.29, 1.82) is 0 Å². The van der Waals surface area contributed by atoms with Crippen molar-refractivity contribution in [2.75, 3.05) is 11.9 Å². The van der Waals surface area contributed by atoms with Gasteiger partial charge in [-0.05, 0) is 73.1 Å². The zero-order chi connectivity index (χ0) is 16.7. The second kappa shape index (κ2) is 5.79. The molecule has 0 bridgehead atoms. The Morgan fingerprint density at radius 2 is 1.23 bits per heavy atom. The van der Waals surface area contributed by atoms with Gasteiger partial charge in [-0.2, -0.15) is 0 Å². The van der Waals surface area contributed by atoms with E-state index in [2.05, 4.69) is 90.7 Å². The lowest BCUT2D eigenvalue weighted by Gasteiger charge is -2.27. The molecule has 0 atom stereocenters. The van der Waals surface area contributed by atoms with Gasteiger partial charge in [-0.3, -0.25) is 0 Å². The summed E-state index contributed by atoms with van der Waals surface area (Å²) in [6.07, 6.45) is 0. The van der Waals surface area contributed by atoms with Crippen molar-refractivity contribution in [2.24, 2.45) is 0 Å². The van der Waals surface area contributed by atoms with Crippen molar-refractivity contribution in [3.05, 3.63) is 58.1 Å². The molecule has 2 rings (SSSR count). The summed E-state index contributed by atoms with van der Waals surface area (Å²) in [7, 11) is 2.17. The zero-order valence-corrected chi connectivity index (χ0v) is 15.3. The number of hydrogen-bond acceptors (Lipinski definition) is 1. The monoisotopic (exact) mass is 295 g/mol. The van der Waals surface area contributed by atoms with Crippen LogP contribution in [-0.2, 0) is 5.41 Å². The molecule has 2 aromatic rings. The van der Waals surface area contributed by atoms with Crippen LogP contribution in [0.25, 0.3) is 0 Å². The highest BCUT2D eigenvalue weighted by Gasteiger charge is 2.17. The maximum atomic E-state index is 2.34. The Balaban J connectivity index is 2.54. The molecule has 0 unspecified atom stereocenters. The fraction of sp³-hybridized carbons (Fsp3) is 0.429. The summed E-state index contributed by atoms with van der Waals surface area (Å²) in [5.74, 6) is 0. The van der Waals surface area contributed by atoms with Crippen LogP contribution >= 0.6 is 0 Å². The van der Waals surface area contributed by atoms with E-state index >= 15 is 0 Å². The third-order valence-corrected chi connectivity index (χ3v) is 4.61. The first-order valence-corrected chi connectivity index (χ1v) is 8.04. The highest BCUT2D eigenvalue weighted by molar-refractivity contribution is 5.70. The Morgan fingerprint density at radius 1 is 0.682 bits per heavy atom. The van der Waals surface area contributed by atoms with E-state index in [0.717, 1.165) is 0 Å². The molecule has 0 aromatic heterocycles. The molecule has 0 saturated heterocycles. The normalized spacial score (nSPS) is 11.6. The van der Waals surface area contributed by atoms with Crippen molar-refractivity contribution in [3.8, 4) is 0 Å². The van der Waals surface area contributed by atoms with Crippen LogP contribution in [0.4, 0.5) is 11.4 Å². The first-order chi connectivity index (χ1) is 10.1. The lowest BCUT2D eigenvalue weighted by molar-refractivity contribution is 0.590. The highest BCUT2D eigenvalue weighted by Crippen LogP contribution is 2.34. The topological polar surface area (TPSA) is 3.24 Å². The third-order valence-electron chi connectivity index (χ3n) is 4.61. The van der Waals surface area contributed by atoms with Gasteiger partial charge in [-0.1, -0.05) is 39.0 Å². The van der Waals surface area contributed by atoms with Crippen molar-refractivity contribution in [3.63, 3.8) is 0 Å². The van der Waals surface area contributed by atoms with Crippen molar-refractivity contribution in [1.82, 2.24) is 0 Å². The number of nitrogens with zero attached hydrogens (tertiary/aromatic N) is 1. The summed E-state index contributed by atoms with van der Waals surface area (Å²) >= 11 is 0. The van der Waals surface area contributed by atoms with E-state index in [-0.39, 0.29) is 5.41 Å². The molecule has 2 aromatic carbocycles. The minimum atomic E-state index is 0.168. The first-order valence-electron chi connectivity index (χ1n) is 8.04. The molecule has 1 heteroatoms. The molecule has 0 aliphatic rings. The molecule has 0 fully saturated rings. The molecule has 118 valence electrons. The number of aryl methyl sites for hydroxylation is 4. The van der Waals surface area contributed by atoms with Crippen LogP contribution in [0.3, 0.4) is 0 Å². The van der Waals surface area contributed by atoms with Crippen molar-refractivity contribution in [2.45, 2.75) is 53.9 Å². The molecular weight excluding hydrogens is 266 g/mol. The quantitative estimate of drug-likeness (QED) is 0.658. The summed E-state index contributed by atoms with van der Waals surface area (Å²) in [5.41, 5.74) is 9.46.